The summed E-state index contributed by atoms with van der Waals surface area (Å²) >= 11 is 0. The van der Waals surface area contributed by atoms with Gasteiger partial charge in [-0.05, 0) is 36.1 Å². The fraction of sp³-hybridized carbons (Fsp3) is 0.182. The zero-order valence-electron chi connectivity index (χ0n) is 15.8. The van der Waals surface area contributed by atoms with Crippen LogP contribution in [0.5, 0.6) is 11.5 Å². The molecule has 3 rings (SSSR count). The molecule has 0 heterocycles. The third-order valence-electron chi connectivity index (χ3n) is 4.46. The molecule has 0 bridgehead atoms. The molecule has 0 saturated carbocycles. The number of benzene rings is 3. The zero-order valence-corrected chi connectivity index (χ0v) is 15.8. The highest BCUT2D eigenvalue weighted by Gasteiger charge is 2.16. The number of phenols is 1. The van der Waals surface area contributed by atoms with E-state index in [0.717, 1.165) is 16.5 Å². The number of hydrazone groups is 1. The van der Waals surface area contributed by atoms with E-state index in [9.17, 15) is 9.90 Å². The number of rotatable bonds is 7. The van der Waals surface area contributed by atoms with Crippen molar-refractivity contribution in [2.45, 2.75) is 19.4 Å². The van der Waals surface area contributed by atoms with E-state index in [1.54, 1.807) is 19.2 Å². The van der Waals surface area contributed by atoms with E-state index in [1.165, 1.54) is 12.3 Å². The molecular formula is C22H23N3O3. The van der Waals surface area contributed by atoms with Crippen LogP contribution in [0.2, 0.25) is 0 Å². The van der Waals surface area contributed by atoms with Gasteiger partial charge < -0.3 is 15.2 Å². The molecule has 3 N–H and O–H groups in total. The second-order valence-electron chi connectivity index (χ2n) is 6.29. The van der Waals surface area contributed by atoms with Crippen LogP contribution >= 0.6 is 0 Å². The van der Waals surface area contributed by atoms with E-state index in [-0.39, 0.29) is 11.7 Å². The minimum Gasteiger partial charge on any atom is -0.507 e. The number of hydrogen-bond acceptors (Lipinski definition) is 5. The van der Waals surface area contributed by atoms with Gasteiger partial charge in [0.2, 0.25) is 0 Å². The van der Waals surface area contributed by atoms with Gasteiger partial charge in [-0.3, -0.25) is 4.79 Å². The van der Waals surface area contributed by atoms with E-state index in [2.05, 4.69) is 15.8 Å². The van der Waals surface area contributed by atoms with Crippen molar-refractivity contribution >= 4 is 28.6 Å². The monoisotopic (exact) mass is 377 g/mol. The predicted octanol–water partition coefficient (Wildman–Crippen LogP) is 3.89. The molecule has 0 radical (unpaired) electrons. The Morgan fingerprint density at radius 1 is 1.18 bits per heavy atom. The molecule has 0 fully saturated rings. The Kier molecular flexibility index (Phi) is 6.11. The molecule has 3 aromatic carbocycles. The first kappa shape index (κ1) is 19.2. The first-order valence-electron chi connectivity index (χ1n) is 9.06. The molecular weight excluding hydrogens is 354 g/mol. The number of carbonyl (C=O) groups excluding carboxylic acids is 1. The normalized spacial score (nSPS) is 12.1. The third-order valence-corrected chi connectivity index (χ3v) is 4.46. The van der Waals surface area contributed by atoms with Crippen LogP contribution in [0.15, 0.2) is 65.8 Å². The van der Waals surface area contributed by atoms with Gasteiger partial charge in [0.05, 0.1) is 13.3 Å². The molecule has 28 heavy (non-hydrogen) atoms. The molecule has 6 heteroatoms. The highest BCUT2D eigenvalue weighted by molar-refractivity contribution is 5.96. The van der Waals surface area contributed by atoms with Gasteiger partial charge in [-0.1, -0.05) is 43.3 Å². The molecule has 1 atom stereocenters. The Morgan fingerprint density at radius 3 is 2.75 bits per heavy atom. The van der Waals surface area contributed by atoms with E-state index in [1.807, 2.05) is 49.4 Å². The first-order chi connectivity index (χ1) is 13.6. The Balaban J connectivity index is 1.70. The van der Waals surface area contributed by atoms with Gasteiger partial charge in [-0.25, -0.2) is 5.43 Å². The number of aromatic hydroxyl groups is 1. The number of amides is 1. The summed E-state index contributed by atoms with van der Waals surface area (Å²) in [5.74, 6) is 0.392. The van der Waals surface area contributed by atoms with Crippen LogP contribution in [0.4, 0.5) is 5.69 Å². The molecule has 0 aliphatic carbocycles. The number of fused-ring (bicyclic) bond motifs is 1. The molecule has 0 aromatic heterocycles. The highest BCUT2D eigenvalue weighted by atomic mass is 16.5. The van der Waals surface area contributed by atoms with Crippen LogP contribution in [-0.2, 0) is 4.79 Å². The summed E-state index contributed by atoms with van der Waals surface area (Å²) in [4.78, 5) is 12.5. The molecule has 0 unspecified atom stereocenters. The van der Waals surface area contributed by atoms with Crippen molar-refractivity contribution in [3.05, 3.63) is 66.2 Å². The van der Waals surface area contributed by atoms with Crippen molar-refractivity contribution in [1.82, 2.24) is 5.43 Å². The van der Waals surface area contributed by atoms with E-state index in [4.69, 9.17) is 4.74 Å². The summed E-state index contributed by atoms with van der Waals surface area (Å²) in [5.41, 5.74) is 3.88. The Hall–Kier alpha value is -3.54. The molecule has 0 spiro atoms. The average Bonchev–Trinajstić information content (AvgIpc) is 2.73. The van der Waals surface area contributed by atoms with Crippen molar-refractivity contribution in [2.24, 2.45) is 5.10 Å². The van der Waals surface area contributed by atoms with Gasteiger partial charge in [-0.15, -0.1) is 0 Å². The number of anilines is 1. The van der Waals surface area contributed by atoms with Crippen LogP contribution < -0.4 is 15.5 Å². The van der Waals surface area contributed by atoms with Crippen molar-refractivity contribution in [3.8, 4) is 11.5 Å². The zero-order chi connectivity index (χ0) is 19.9. The Labute approximate surface area is 163 Å². The highest BCUT2D eigenvalue weighted by Crippen LogP contribution is 2.24. The summed E-state index contributed by atoms with van der Waals surface area (Å²) < 4.78 is 5.12. The van der Waals surface area contributed by atoms with Crippen molar-refractivity contribution < 1.29 is 14.6 Å². The summed E-state index contributed by atoms with van der Waals surface area (Å²) in [6.07, 6.45) is 1.98. The lowest BCUT2D eigenvalue weighted by Gasteiger charge is -2.18. The lowest BCUT2D eigenvalue weighted by molar-refractivity contribution is -0.121. The second kappa shape index (κ2) is 8.90. The number of methoxy groups -OCH3 is 1. The Morgan fingerprint density at radius 2 is 1.96 bits per heavy atom. The summed E-state index contributed by atoms with van der Waals surface area (Å²) in [6.45, 7) is 1.93. The van der Waals surface area contributed by atoms with Crippen LogP contribution in [0.3, 0.4) is 0 Å². The van der Waals surface area contributed by atoms with Crippen molar-refractivity contribution in [1.29, 1.82) is 0 Å². The minimum absolute atomic E-state index is 0.0553. The molecule has 3 aromatic rings. The summed E-state index contributed by atoms with van der Waals surface area (Å²) in [6, 6.07) is 18.3. The summed E-state index contributed by atoms with van der Waals surface area (Å²) in [5, 5.41) is 19.3. The molecule has 0 aliphatic rings. The lowest BCUT2D eigenvalue weighted by atomic mass is 10.1. The maximum Gasteiger partial charge on any atom is 0.262 e. The van der Waals surface area contributed by atoms with Gasteiger partial charge >= 0.3 is 0 Å². The summed E-state index contributed by atoms with van der Waals surface area (Å²) in [7, 11) is 1.54. The standard InChI is InChI=1S/C22H23N3O3/c1-3-19(24-20-10-6-8-15-7-4-5-9-18(15)20)22(27)25-23-14-16-13-17(28-2)11-12-21(16)26/h4-14,19,24,26H,3H2,1-2H3,(H,25,27)/t19-/m0/s1. The van der Waals surface area contributed by atoms with Gasteiger partial charge in [0, 0.05) is 16.6 Å². The van der Waals surface area contributed by atoms with E-state index >= 15 is 0 Å². The largest absolute Gasteiger partial charge is 0.507 e. The fourth-order valence-electron chi connectivity index (χ4n) is 2.90. The van der Waals surface area contributed by atoms with Crippen molar-refractivity contribution in [3.63, 3.8) is 0 Å². The first-order valence-corrected chi connectivity index (χ1v) is 9.06. The van der Waals surface area contributed by atoms with Gasteiger partial charge in [0.1, 0.15) is 17.5 Å². The molecule has 0 saturated heterocycles. The van der Waals surface area contributed by atoms with Crippen LogP contribution in [0.1, 0.15) is 18.9 Å². The number of phenolic OH excluding ortho intramolecular Hbond substituents is 1. The topological polar surface area (TPSA) is 83.0 Å². The van der Waals surface area contributed by atoms with E-state index in [0.29, 0.717) is 17.7 Å². The van der Waals surface area contributed by atoms with E-state index < -0.39 is 6.04 Å². The Bertz CT molecular complexity index is 996. The third kappa shape index (κ3) is 4.40. The molecule has 144 valence electrons. The number of nitrogens with zero attached hydrogens (tertiary/aromatic N) is 1. The van der Waals surface area contributed by atoms with Crippen LogP contribution in [0.25, 0.3) is 10.8 Å². The maximum absolute atomic E-state index is 12.5. The number of carbonyl (C=O) groups is 1. The number of ether oxygens (including phenoxy) is 1. The van der Waals surface area contributed by atoms with Crippen molar-refractivity contribution in [2.75, 3.05) is 12.4 Å². The SMILES string of the molecule is CC[C@H](Nc1cccc2ccccc12)C(=O)NN=Cc1cc(OC)ccc1O. The fourth-order valence-corrected chi connectivity index (χ4v) is 2.90. The van der Waals surface area contributed by atoms with Gasteiger partial charge in [-0.2, -0.15) is 5.10 Å². The van der Waals surface area contributed by atoms with Crippen LogP contribution in [0, 0.1) is 0 Å². The number of nitrogens with one attached hydrogen (secondary N) is 2. The predicted molar refractivity (Wildman–Crippen MR) is 112 cm³/mol. The molecule has 0 aliphatic heterocycles. The smallest absolute Gasteiger partial charge is 0.262 e. The molecule has 6 nitrogen and oxygen atoms in total. The lowest BCUT2D eigenvalue weighted by Crippen LogP contribution is -2.36. The second-order valence-corrected chi connectivity index (χ2v) is 6.29. The van der Waals surface area contributed by atoms with Crippen LogP contribution in [-0.4, -0.2) is 30.4 Å². The van der Waals surface area contributed by atoms with Gasteiger partial charge in [0.15, 0.2) is 0 Å². The average molecular weight is 377 g/mol. The quantitative estimate of drug-likeness (QED) is 0.431. The number of hydrogen-bond donors (Lipinski definition) is 3. The molecule has 1 amide bonds. The minimum atomic E-state index is -0.443. The van der Waals surface area contributed by atoms with Gasteiger partial charge in [0.25, 0.3) is 5.91 Å². The maximum atomic E-state index is 12.5.